The van der Waals surface area contributed by atoms with Crippen LogP contribution in [-0.2, 0) is 16.0 Å². The lowest BCUT2D eigenvalue weighted by Gasteiger charge is -2.15. The normalized spacial score (nSPS) is 11.8. The number of methoxy groups -OCH3 is 1. The van der Waals surface area contributed by atoms with Crippen molar-refractivity contribution in [2.24, 2.45) is 0 Å². The summed E-state index contributed by atoms with van der Waals surface area (Å²) in [4.78, 5) is 21.6. The van der Waals surface area contributed by atoms with Crippen LogP contribution in [0.5, 0.6) is 11.5 Å². The van der Waals surface area contributed by atoms with Crippen LogP contribution in [0.3, 0.4) is 0 Å². The monoisotopic (exact) mass is 373 g/mol. The van der Waals surface area contributed by atoms with E-state index in [1.54, 1.807) is 5.32 Å². The Morgan fingerprint density at radius 2 is 1.64 bits per heavy atom. The van der Waals surface area contributed by atoms with Crippen LogP contribution in [0.25, 0.3) is 0 Å². The van der Waals surface area contributed by atoms with Crippen molar-refractivity contribution < 1.29 is 45.4 Å². The quantitative estimate of drug-likeness (QED) is 0.490. The third kappa shape index (κ3) is 5.84. The zero-order chi connectivity index (χ0) is 19.4. The van der Waals surface area contributed by atoms with Crippen LogP contribution in [0, 0.1) is 6.92 Å². The number of carbonyl (C=O) groups is 2. The van der Waals surface area contributed by atoms with E-state index in [1.807, 2.05) is 0 Å². The number of rotatable bonds is 5. The summed E-state index contributed by atoms with van der Waals surface area (Å²) >= 11 is 0. The van der Waals surface area contributed by atoms with Crippen LogP contribution in [0.4, 0.5) is 26.3 Å². The molecule has 0 fully saturated rings. The Morgan fingerprint density at radius 3 is 2.12 bits per heavy atom. The van der Waals surface area contributed by atoms with Crippen molar-refractivity contribution in [1.82, 2.24) is 5.32 Å². The molecule has 0 saturated carbocycles. The van der Waals surface area contributed by atoms with Gasteiger partial charge in [0.1, 0.15) is 11.5 Å². The fourth-order valence-corrected chi connectivity index (χ4v) is 1.77. The Morgan fingerprint density at radius 1 is 1.04 bits per heavy atom. The smallest absolute Gasteiger partial charge is 0.491 e. The lowest BCUT2D eigenvalue weighted by Crippen LogP contribution is -2.37. The third-order valence-corrected chi connectivity index (χ3v) is 2.95. The van der Waals surface area contributed by atoms with Gasteiger partial charge in [-0.2, -0.15) is 26.3 Å². The lowest BCUT2D eigenvalue weighted by atomic mass is 10.1. The van der Waals surface area contributed by atoms with E-state index >= 15 is 0 Å². The molecule has 0 bridgehead atoms. The number of hydrogen-bond donors (Lipinski definition) is 1. The van der Waals surface area contributed by atoms with Crippen LogP contribution < -0.4 is 14.8 Å². The number of benzene rings is 1. The largest absolute Gasteiger partial charge is 0.496 e. The van der Waals surface area contributed by atoms with Gasteiger partial charge in [-0.25, -0.2) is 4.79 Å². The number of hydrogen-bond acceptors (Lipinski definition) is 4. The molecular weight excluding hydrogens is 360 g/mol. The maximum Gasteiger partial charge on any atom is 0.491 e. The van der Waals surface area contributed by atoms with Crippen molar-refractivity contribution in [2.45, 2.75) is 25.7 Å². The summed E-state index contributed by atoms with van der Waals surface area (Å²) in [6.45, 7) is 0.904. The molecule has 140 valence electrons. The predicted octanol–water partition coefficient (Wildman–Crippen LogP) is 2.69. The summed E-state index contributed by atoms with van der Waals surface area (Å²) in [5.74, 6) is -4.84. The van der Waals surface area contributed by atoms with E-state index in [9.17, 15) is 35.9 Å². The van der Waals surface area contributed by atoms with E-state index in [2.05, 4.69) is 4.74 Å². The van der Waals surface area contributed by atoms with Gasteiger partial charge < -0.3 is 14.8 Å². The zero-order valence-electron chi connectivity index (χ0n) is 13.0. The highest BCUT2D eigenvalue weighted by atomic mass is 19.4. The fourth-order valence-electron chi connectivity index (χ4n) is 1.77. The van der Waals surface area contributed by atoms with Gasteiger partial charge >= 0.3 is 24.2 Å². The molecule has 1 amide bonds. The molecule has 1 rings (SSSR count). The Balaban J connectivity index is 2.93. The Hall–Kier alpha value is -2.46. The average Bonchev–Trinajstić information content (AvgIpc) is 2.47. The van der Waals surface area contributed by atoms with Crippen LogP contribution in [0.15, 0.2) is 12.1 Å². The molecule has 0 aliphatic carbocycles. The minimum atomic E-state index is -5.20. The first-order chi connectivity index (χ1) is 11.4. The molecule has 5 nitrogen and oxygen atoms in total. The number of alkyl halides is 6. The van der Waals surface area contributed by atoms with Crippen LogP contribution in [0.2, 0.25) is 0 Å². The molecule has 0 radical (unpaired) electrons. The highest BCUT2D eigenvalue weighted by Crippen LogP contribution is 2.30. The molecule has 0 unspecified atom stereocenters. The summed E-state index contributed by atoms with van der Waals surface area (Å²) < 4.78 is 82.3. The van der Waals surface area contributed by atoms with E-state index in [0.717, 1.165) is 6.07 Å². The Labute approximate surface area is 137 Å². The van der Waals surface area contributed by atoms with Gasteiger partial charge in [0.05, 0.1) is 7.11 Å². The number of carbonyl (C=O) groups excluding carboxylic acids is 2. The van der Waals surface area contributed by atoms with Gasteiger partial charge in [-0.1, -0.05) is 0 Å². The average molecular weight is 373 g/mol. The number of ether oxygens (including phenoxy) is 2. The topological polar surface area (TPSA) is 64.6 Å². The molecule has 0 saturated heterocycles. The third-order valence-electron chi connectivity index (χ3n) is 2.95. The molecule has 11 heteroatoms. The number of halogens is 6. The minimum Gasteiger partial charge on any atom is -0.496 e. The molecule has 0 aliphatic heterocycles. The number of aryl methyl sites for hydroxylation is 1. The summed E-state index contributed by atoms with van der Waals surface area (Å²) in [7, 11) is 1.24. The number of amides is 1. The first-order valence-corrected chi connectivity index (χ1v) is 6.67. The first-order valence-electron chi connectivity index (χ1n) is 6.67. The molecule has 0 aromatic heterocycles. The molecule has 1 aromatic rings. The van der Waals surface area contributed by atoms with Crippen molar-refractivity contribution in [3.05, 3.63) is 23.3 Å². The van der Waals surface area contributed by atoms with Crippen molar-refractivity contribution in [3.8, 4) is 11.5 Å². The molecule has 0 aliphatic rings. The second-order valence-electron chi connectivity index (χ2n) is 4.82. The second kappa shape index (κ2) is 7.62. The molecule has 0 atom stereocenters. The highest BCUT2D eigenvalue weighted by molar-refractivity contribution is 5.81. The summed E-state index contributed by atoms with van der Waals surface area (Å²) in [6.07, 6.45) is -10.4. The van der Waals surface area contributed by atoms with Crippen molar-refractivity contribution in [1.29, 1.82) is 0 Å². The molecular formula is C14H13F6NO4. The maximum atomic E-state index is 12.3. The van der Waals surface area contributed by atoms with Gasteiger partial charge in [-0.3, -0.25) is 4.79 Å². The number of nitrogens with one attached hydrogen (secondary N) is 1. The summed E-state index contributed by atoms with van der Waals surface area (Å²) in [5.41, 5.74) is 0.304. The van der Waals surface area contributed by atoms with E-state index in [-0.39, 0.29) is 23.3 Å². The Bertz CT molecular complexity index is 654. The summed E-state index contributed by atoms with van der Waals surface area (Å²) in [6, 6.07) is 2.30. The molecule has 1 aromatic carbocycles. The van der Waals surface area contributed by atoms with Gasteiger partial charge in [-0.15, -0.1) is 0 Å². The molecule has 1 N–H and O–H groups in total. The van der Waals surface area contributed by atoms with Crippen LogP contribution >= 0.6 is 0 Å². The molecule has 0 spiro atoms. The van der Waals surface area contributed by atoms with Gasteiger partial charge in [0.25, 0.3) is 0 Å². The molecule has 0 heterocycles. The second-order valence-corrected chi connectivity index (χ2v) is 4.82. The van der Waals surface area contributed by atoms with Crippen molar-refractivity contribution in [3.63, 3.8) is 0 Å². The van der Waals surface area contributed by atoms with Gasteiger partial charge in [-0.05, 0) is 36.6 Å². The Kier molecular flexibility index (Phi) is 6.27. The minimum absolute atomic E-state index is 0.150. The van der Waals surface area contributed by atoms with E-state index in [4.69, 9.17) is 4.74 Å². The lowest BCUT2D eigenvalue weighted by molar-refractivity contribution is -0.189. The standard InChI is InChI=1S/C14H13F6NO4/c1-7-5-10(24-2)8(3-4-21-11(22)13(15,16)17)6-9(7)25-12(23)14(18,19)20/h5-6H,3-4H2,1-2H3,(H,21,22). The van der Waals surface area contributed by atoms with E-state index in [0.29, 0.717) is 0 Å². The predicted molar refractivity (Wildman–Crippen MR) is 72.2 cm³/mol. The van der Waals surface area contributed by atoms with Gasteiger partial charge in [0.2, 0.25) is 0 Å². The van der Waals surface area contributed by atoms with Crippen LogP contribution in [0.1, 0.15) is 11.1 Å². The highest BCUT2D eigenvalue weighted by Gasteiger charge is 2.41. The maximum absolute atomic E-state index is 12.3. The van der Waals surface area contributed by atoms with Crippen molar-refractivity contribution >= 4 is 11.9 Å². The fraction of sp³-hybridized carbons (Fsp3) is 0.429. The van der Waals surface area contributed by atoms with Crippen molar-refractivity contribution in [2.75, 3.05) is 13.7 Å². The van der Waals surface area contributed by atoms with Gasteiger partial charge in [0.15, 0.2) is 0 Å². The van der Waals surface area contributed by atoms with E-state index < -0.39 is 36.5 Å². The van der Waals surface area contributed by atoms with Crippen LogP contribution in [-0.4, -0.2) is 37.9 Å². The summed E-state index contributed by atoms with van der Waals surface area (Å²) in [5, 5.41) is 1.61. The number of esters is 1. The first kappa shape index (κ1) is 20.6. The molecule has 25 heavy (non-hydrogen) atoms. The van der Waals surface area contributed by atoms with E-state index in [1.165, 1.54) is 20.1 Å². The SMILES string of the molecule is COc1cc(C)c(OC(=O)C(F)(F)F)cc1CCNC(=O)C(F)(F)F. The zero-order valence-corrected chi connectivity index (χ0v) is 13.0. The van der Waals surface area contributed by atoms with Gasteiger partial charge in [0, 0.05) is 6.54 Å².